The van der Waals surface area contributed by atoms with Crippen LogP contribution in [-0.4, -0.2) is 36.3 Å². The van der Waals surface area contributed by atoms with Crippen LogP contribution in [0.1, 0.15) is 28.4 Å². The average Bonchev–Trinajstić information content (AvgIpc) is 3.17. The van der Waals surface area contributed by atoms with Crippen molar-refractivity contribution in [2.75, 3.05) is 12.0 Å². The number of esters is 1. The maximum atomic E-state index is 14.4. The Balaban J connectivity index is 1.82. The second kappa shape index (κ2) is 7.95. The van der Waals surface area contributed by atoms with E-state index in [1.165, 1.54) is 7.11 Å². The molecular weight excluding hydrogens is 432 g/mol. The lowest BCUT2D eigenvalue weighted by molar-refractivity contribution is -0.162. The normalized spacial score (nSPS) is 23.4. The van der Waals surface area contributed by atoms with Gasteiger partial charge < -0.3 is 9.47 Å². The zero-order chi connectivity index (χ0) is 23.9. The topological polar surface area (TPSA) is 85.3 Å². The zero-order valence-electron chi connectivity index (χ0n) is 18.7. The van der Waals surface area contributed by atoms with E-state index in [0.717, 1.165) is 10.5 Å². The van der Waals surface area contributed by atoms with E-state index in [1.54, 1.807) is 61.5 Å². The van der Waals surface area contributed by atoms with Gasteiger partial charge in [0.2, 0.25) is 5.54 Å². The third-order valence-corrected chi connectivity index (χ3v) is 6.32. The van der Waals surface area contributed by atoms with Gasteiger partial charge in [-0.3, -0.25) is 9.59 Å². The molecule has 170 valence electrons. The number of imide groups is 1. The van der Waals surface area contributed by atoms with Gasteiger partial charge in [0.05, 0.1) is 12.8 Å². The van der Waals surface area contributed by atoms with Crippen molar-refractivity contribution in [1.29, 1.82) is 0 Å². The number of anilines is 1. The fraction of sp³-hybridized carbons (Fsp3) is 0.185. The zero-order valence-corrected chi connectivity index (χ0v) is 18.7. The van der Waals surface area contributed by atoms with E-state index in [4.69, 9.17) is 9.47 Å². The number of hydrogen-bond acceptors (Lipinski definition) is 6. The number of fused-ring (bicyclic) bond motifs is 2. The monoisotopic (exact) mass is 454 g/mol. The SMILES string of the molecule is COC(=O)[C@@]1(Cc2ccccc2)N=C(C)O[C@]12C(=O)N(c1ccccc1)C(=O)c1ccccc12. The molecule has 0 N–H and O–H groups in total. The quantitative estimate of drug-likeness (QED) is 0.444. The molecule has 3 aromatic rings. The lowest BCUT2D eigenvalue weighted by atomic mass is 9.68. The van der Waals surface area contributed by atoms with Crippen molar-refractivity contribution in [1.82, 2.24) is 0 Å². The first-order valence-corrected chi connectivity index (χ1v) is 10.9. The second-order valence-electron chi connectivity index (χ2n) is 8.26. The lowest BCUT2D eigenvalue weighted by Gasteiger charge is -2.45. The summed E-state index contributed by atoms with van der Waals surface area (Å²) in [6.07, 6.45) is 0.0365. The first-order valence-electron chi connectivity index (χ1n) is 10.9. The molecular formula is C27H22N2O5. The third kappa shape index (κ3) is 2.90. The van der Waals surface area contributed by atoms with Gasteiger partial charge in [-0.1, -0.05) is 66.7 Å². The van der Waals surface area contributed by atoms with E-state index in [0.29, 0.717) is 11.3 Å². The van der Waals surface area contributed by atoms with E-state index in [1.807, 2.05) is 30.3 Å². The highest BCUT2D eigenvalue weighted by Crippen LogP contribution is 2.52. The molecule has 3 aromatic carbocycles. The first kappa shape index (κ1) is 21.6. The highest BCUT2D eigenvalue weighted by atomic mass is 16.6. The number of methoxy groups -OCH3 is 1. The minimum atomic E-state index is -1.93. The van der Waals surface area contributed by atoms with Gasteiger partial charge in [0.25, 0.3) is 17.4 Å². The van der Waals surface area contributed by atoms with Gasteiger partial charge in [-0.05, 0) is 23.8 Å². The standard InChI is InChI=1S/C27H22N2O5/c1-18-28-26(25(32)33-2,17-19-11-5-3-6-12-19)27(34-18)22-16-10-9-15-21(22)23(30)29(24(27)31)20-13-7-4-8-14-20/h3-16H,17H2,1-2H3/t26-,27-/m1/s1. The van der Waals surface area contributed by atoms with Crippen molar-refractivity contribution in [3.8, 4) is 0 Å². The van der Waals surface area contributed by atoms with Gasteiger partial charge in [-0.25, -0.2) is 14.7 Å². The number of nitrogens with zero attached hydrogens (tertiary/aromatic N) is 2. The Morgan fingerprint density at radius 3 is 2.24 bits per heavy atom. The van der Waals surface area contributed by atoms with Gasteiger partial charge in [0, 0.05) is 24.5 Å². The van der Waals surface area contributed by atoms with Crippen LogP contribution in [-0.2, 0) is 31.1 Å². The van der Waals surface area contributed by atoms with Gasteiger partial charge >= 0.3 is 5.97 Å². The summed E-state index contributed by atoms with van der Waals surface area (Å²) in [6.45, 7) is 1.59. The Labute approximate surface area is 196 Å². The fourth-order valence-corrected chi connectivity index (χ4v) is 4.93. The van der Waals surface area contributed by atoms with Crippen LogP contribution in [0.15, 0.2) is 89.9 Å². The first-order chi connectivity index (χ1) is 16.4. The van der Waals surface area contributed by atoms with Gasteiger partial charge in [0.1, 0.15) is 0 Å². The number of amides is 2. The predicted octanol–water partition coefficient (Wildman–Crippen LogP) is 3.67. The van der Waals surface area contributed by atoms with Crippen LogP contribution in [0.3, 0.4) is 0 Å². The minimum absolute atomic E-state index is 0.0365. The number of hydrogen-bond donors (Lipinski definition) is 0. The fourth-order valence-electron chi connectivity index (χ4n) is 4.93. The number of rotatable bonds is 4. The summed E-state index contributed by atoms with van der Waals surface area (Å²) in [6, 6.07) is 24.5. The second-order valence-corrected chi connectivity index (χ2v) is 8.26. The summed E-state index contributed by atoms with van der Waals surface area (Å²) < 4.78 is 11.5. The number of carbonyl (C=O) groups is 3. The molecule has 0 bridgehead atoms. The summed E-state index contributed by atoms with van der Waals surface area (Å²) in [5.74, 6) is -1.75. The Bertz CT molecular complexity index is 1320. The highest BCUT2D eigenvalue weighted by molar-refractivity contribution is 6.29. The van der Waals surface area contributed by atoms with E-state index < -0.39 is 28.9 Å². The average molecular weight is 454 g/mol. The summed E-state index contributed by atoms with van der Waals surface area (Å²) >= 11 is 0. The molecule has 2 aliphatic rings. The van der Waals surface area contributed by atoms with Gasteiger partial charge in [-0.15, -0.1) is 0 Å². The summed E-state index contributed by atoms with van der Waals surface area (Å²) in [5.41, 5.74) is -2.02. The summed E-state index contributed by atoms with van der Waals surface area (Å²) in [5, 5.41) is 0. The number of para-hydroxylation sites is 1. The lowest BCUT2D eigenvalue weighted by Crippen LogP contribution is -2.67. The van der Waals surface area contributed by atoms with Crippen LogP contribution in [0.2, 0.25) is 0 Å². The smallest absolute Gasteiger partial charge is 0.339 e. The molecule has 0 unspecified atom stereocenters. The maximum Gasteiger partial charge on any atom is 0.339 e. The number of ether oxygens (including phenoxy) is 2. The van der Waals surface area contributed by atoms with Crippen molar-refractivity contribution < 1.29 is 23.9 Å². The van der Waals surface area contributed by atoms with Crippen molar-refractivity contribution in [2.24, 2.45) is 4.99 Å². The molecule has 0 aliphatic carbocycles. The molecule has 0 aromatic heterocycles. The Morgan fingerprint density at radius 1 is 0.941 bits per heavy atom. The number of benzene rings is 3. The number of carbonyl (C=O) groups excluding carboxylic acids is 3. The molecule has 2 aliphatic heterocycles. The Hall–Kier alpha value is -4.26. The minimum Gasteiger partial charge on any atom is -0.467 e. The van der Waals surface area contributed by atoms with Gasteiger partial charge in [-0.2, -0.15) is 0 Å². The number of aliphatic imine (C=N–C) groups is 1. The van der Waals surface area contributed by atoms with Crippen LogP contribution in [0.5, 0.6) is 0 Å². The predicted molar refractivity (Wildman–Crippen MR) is 125 cm³/mol. The third-order valence-electron chi connectivity index (χ3n) is 6.32. The van der Waals surface area contributed by atoms with Crippen LogP contribution >= 0.6 is 0 Å². The summed E-state index contributed by atoms with van der Waals surface area (Å²) in [7, 11) is 1.26. The van der Waals surface area contributed by atoms with Crippen molar-refractivity contribution in [3.63, 3.8) is 0 Å². The van der Waals surface area contributed by atoms with Crippen molar-refractivity contribution >= 4 is 29.4 Å². The molecule has 0 saturated heterocycles. The summed E-state index contributed by atoms with van der Waals surface area (Å²) in [4.78, 5) is 47.2. The van der Waals surface area contributed by atoms with Gasteiger partial charge in [0.15, 0.2) is 5.90 Å². The molecule has 7 heteroatoms. The molecule has 0 saturated carbocycles. The van der Waals surface area contributed by atoms with Crippen LogP contribution < -0.4 is 4.90 Å². The van der Waals surface area contributed by atoms with Crippen LogP contribution in [0.4, 0.5) is 5.69 Å². The molecule has 5 rings (SSSR count). The Kier molecular flexibility index (Phi) is 5.05. The largest absolute Gasteiger partial charge is 0.467 e. The van der Waals surface area contributed by atoms with E-state index in [9.17, 15) is 14.4 Å². The van der Waals surface area contributed by atoms with Crippen LogP contribution in [0, 0.1) is 0 Å². The molecule has 7 nitrogen and oxygen atoms in total. The molecule has 0 radical (unpaired) electrons. The van der Waals surface area contributed by atoms with Crippen molar-refractivity contribution in [2.45, 2.75) is 24.5 Å². The molecule has 2 heterocycles. The van der Waals surface area contributed by atoms with E-state index in [-0.39, 0.29) is 17.9 Å². The van der Waals surface area contributed by atoms with E-state index >= 15 is 0 Å². The molecule has 2 amide bonds. The molecule has 2 atom stereocenters. The molecule has 1 spiro atoms. The maximum absolute atomic E-state index is 14.4. The van der Waals surface area contributed by atoms with E-state index in [2.05, 4.69) is 4.99 Å². The molecule has 0 fully saturated rings. The molecule has 34 heavy (non-hydrogen) atoms. The van der Waals surface area contributed by atoms with Crippen LogP contribution in [0.25, 0.3) is 0 Å². The highest BCUT2D eigenvalue weighted by Gasteiger charge is 2.72. The Morgan fingerprint density at radius 2 is 1.56 bits per heavy atom. The van der Waals surface area contributed by atoms with Crippen molar-refractivity contribution in [3.05, 3.63) is 102 Å².